The van der Waals surface area contributed by atoms with Crippen LogP contribution in [-0.4, -0.2) is 24.0 Å². The first-order chi connectivity index (χ1) is 9.76. The molecule has 2 heteroatoms. The molecule has 0 aliphatic carbocycles. The molecule has 1 fully saturated rings. The highest BCUT2D eigenvalue weighted by Gasteiger charge is 2.25. The summed E-state index contributed by atoms with van der Waals surface area (Å²) in [5.41, 5.74) is 7.36. The van der Waals surface area contributed by atoms with Crippen LogP contribution in [0, 0.1) is 5.92 Å². The fourth-order valence-electron chi connectivity index (χ4n) is 3.33. The Morgan fingerprint density at radius 2 is 1.95 bits per heavy atom. The molecule has 1 saturated heterocycles. The molecule has 2 aromatic rings. The third-order valence-corrected chi connectivity index (χ3v) is 4.57. The van der Waals surface area contributed by atoms with Gasteiger partial charge in [-0.3, -0.25) is 4.90 Å². The molecular weight excluding hydrogens is 244 g/mol. The Balaban J connectivity index is 1.78. The number of piperidine rings is 1. The number of hydrogen-bond acceptors (Lipinski definition) is 2. The number of fused-ring (bicyclic) bond motifs is 1. The summed E-state index contributed by atoms with van der Waals surface area (Å²) in [5.74, 6) is 0.816. The zero-order valence-electron chi connectivity index (χ0n) is 12.3. The van der Waals surface area contributed by atoms with Crippen LogP contribution in [0.4, 0.5) is 0 Å². The van der Waals surface area contributed by atoms with Gasteiger partial charge in [-0.05, 0) is 47.7 Å². The molecule has 2 atom stereocenters. The van der Waals surface area contributed by atoms with Gasteiger partial charge in [-0.15, -0.1) is 0 Å². The van der Waals surface area contributed by atoms with Crippen LogP contribution in [-0.2, 0) is 6.54 Å². The summed E-state index contributed by atoms with van der Waals surface area (Å²) in [7, 11) is 0. The van der Waals surface area contributed by atoms with E-state index in [0.29, 0.717) is 6.04 Å². The standard InChI is InChI=1S/C18H24N2/c1-14-8-9-20(18(10-14)12-19)13-15-6-7-16-4-2-3-5-17(16)11-15/h2-7,11,14,18H,8-10,12-13,19H2,1H3. The molecule has 1 aliphatic rings. The van der Waals surface area contributed by atoms with Crippen LogP contribution in [0.15, 0.2) is 42.5 Å². The Morgan fingerprint density at radius 3 is 2.75 bits per heavy atom. The molecule has 0 aromatic heterocycles. The minimum atomic E-state index is 0.547. The van der Waals surface area contributed by atoms with E-state index in [1.807, 2.05) is 0 Å². The van der Waals surface area contributed by atoms with Gasteiger partial charge in [-0.25, -0.2) is 0 Å². The molecule has 2 aromatic carbocycles. The number of nitrogens with two attached hydrogens (primary N) is 1. The summed E-state index contributed by atoms with van der Waals surface area (Å²) < 4.78 is 0. The van der Waals surface area contributed by atoms with Gasteiger partial charge in [0, 0.05) is 19.1 Å². The van der Waals surface area contributed by atoms with Crippen LogP contribution < -0.4 is 5.73 Å². The largest absolute Gasteiger partial charge is 0.329 e. The fraction of sp³-hybridized carbons (Fsp3) is 0.444. The monoisotopic (exact) mass is 268 g/mol. The predicted octanol–water partition coefficient (Wildman–Crippen LogP) is 3.40. The normalized spacial score (nSPS) is 24.1. The maximum atomic E-state index is 5.96. The van der Waals surface area contributed by atoms with Gasteiger partial charge < -0.3 is 5.73 Å². The molecule has 0 amide bonds. The van der Waals surface area contributed by atoms with Crippen molar-refractivity contribution in [2.75, 3.05) is 13.1 Å². The Morgan fingerprint density at radius 1 is 1.15 bits per heavy atom. The van der Waals surface area contributed by atoms with Crippen LogP contribution in [0.5, 0.6) is 0 Å². The zero-order chi connectivity index (χ0) is 13.9. The Labute approximate surface area is 121 Å². The molecule has 2 N–H and O–H groups in total. The van der Waals surface area contributed by atoms with Gasteiger partial charge in [0.25, 0.3) is 0 Å². The molecule has 20 heavy (non-hydrogen) atoms. The third-order valence-electron chi connectivity index (χ3n) is 4.57. The highest BCUT2D eigenvalue weighted by molar-refractivity contribution is 5.82. The second kappa shape index (κ2) is 5.94. The molecule has 106 valence electrons. The maximum Gasteiger partial charge on any atom is 0.0237 e. The van der Waals surface area contributed by atoms with E-state index >= 15 is 0 Å². The van der Waals surface area contributed by atoms with Gasteiger partial charge in [-0.2, -0.15) is 0 Å². The van der Waals surface area contributed by atoms with E-state index < -0.39 is 0 Å². The summed E-state index contributed by atoms with van der Waals surface area (Å²) in [4.78, 5) is 2.56. The molecule has 1 heterocycles. The lowest BCUT2D eigenvalue weighted by atomic mass is 9.92. The van der Waals surface area contributed by atoms with Crippen LogP contribution >= 0.6 is 0 Å². The molecule has 2 nitrogen and oxygen atoms in total. The highest BCUT2D eigenvalue weighted by Crippen LogP contribution is 2.24. The molecule has 3 rings (SSSR count). The van der Waals surface area contributed by atoms with E-state index in [9.17, 15) is 0 Å². The maximum absolute atomic E-state index is 5.96. The van der Waals surface area contributed by atoms with E-state index in [1.165, 1.54) is 35.7 Å². The topological polar surface area (TPSA) is 29.3 Å². The van der Waals surface area contributed by atoms with E-state index in [0.717, 1.165) is 19.0 Å². The number of nitrogens with zero attached hydrogens (tertiary/aromatic N) is 1. The van der Waals surface area contributed by atoms with Crippen LogP contribution in [0.1, 0.15) is 25.3 Å². The summed E-state index contributed by atoms with van der Waals surface area (Å²) in [6, 6.07) is 15.9. The van der Waals surface area contributed by atoms with E-state index in [4.69, 9.17) is 5.73 Å². The molecule has 0 spiro atoms. The average Bonchev–Trinajstić information content (AvgIpc) is 2.49. The molecular formula is C18H24N2. The SMILES string of the molecule is CC1CCN(Cc2ccc3ccccc3c2)C(CN)C1. The zero-order valence-corrected chi connectivity index (χ0v) is 12.3. The van der Waals surface area contributed by atoms with Crippen molar-refractivity contribution in [2.45, 2.75) is 32.4 Å². The predicted molar refractivity (Wildman–Crippen MR) is 85.6 cm³/mol. The van der Waals surface area contributed by atoms with Crippen molar-refractivity contribution >= 4 is 10.8 Å². The summed E-state index contributed by atoms with van der Waals surface area (Å²) in [5, 5.41) is 2.65. The summed E-state index contributed by atoms with van der Waals surface area (Å²) >= 11 is 0. The molecule has 2 unspecified atom stereocenters. The minimum Gasteiger partial charge on any atom is -0.329 e. The van der Waals surface area contributed by atoms with E-state index in [1.54, 1.807) is 0 Å². The summed E-state index contributed by atoms with van der Waals surface area (Å²) in [6.45, 7) is 5.32. The lowest BCUT2D eigenvalue weighted by molar-refractivity contribution is 0.115. The van der Waals surface area contributed by atoms with Crippen molar-refractivity contribution in [3.05, 3.63) is 48.0 Å². The average molecular weight is 268 g/mol. The first kappa shape index (κ1) is 13.6. The lowest BCUT2D eigenvalue weighted by Crippen LogP contribution is -2.45. The Hall–Kier alpha value is -1.38. The first-order valence-corrected chi connectivity index (χ1v) is 7.68. The molecule has 0 radical (unpaired) electrons. The fourth-order valence-corrected chi connectivity index (χ4v) is 3.33. The Bertz CT molecular complexity index is 578. The van der Waals surface area contributed by atoms with Gasteiger partial charge in [0.05, 0.1) is 0 Å². The van der Waals surface area contributed by atoms with Crippen molar-refractivity contribution in [3.8, 4) is 0 Å². The van der Waals surface area contributed by atoms with Gasteiger partial charge >= 0.3 is 0 Å². The lowest BCUT2D eigenvalue weighted by Gasteiger charge is -2.38. The van der Waals surface area contributed by atoms with Gasteiger partial charge in [0.2, 0.25) is 0 Å². The number of hydrogen-bond donors (Lipinski definition) is 1. The van der Waals surface area contributed by atoms with Crippen molar-refractivity contribution < 1.29 is 0 Å². The molecule has 0 bridgehead atoms. The van der Waals surface area contributed by atoms with Crippen LogP contribution in [0.3, 0.4) is 0 Å². The number of benzene rings is 2. The highest BCUT2D eigenvalue weighted by atomic mass is 15.2. The van der Waals surface area contributed by atoms with Gasteiger partial charge in [-0.1, -0.05) is 43.3 Å². The summed E-state index contributed by atoms with van der Waals surface area (Å²) in [6.07, 6.45) is 2.54. The van der Waals surface area contributed by atoms with Crippen molar-refractivity contribution in [2.24, 2.45) is 11.7 Å². The number of rotatable bonds is 3. The molecule has 1 aliphatic heterocycles. The molecule has 0 saturated carbocycles. The third kappa shape index (κ3) is 2.87. The minimum absolute atomic E-state index is 0.547. The first-order valence-electron chi connectivity index (χ1n) is 7.68. The van der Waals surface area contributed by atoms with Crippen molar-refractivity contribution in [1.29, 1.82) is 0 Å². The quantitative estimate of drug-likeness (QED) is 0.924. The second-order valence-corrected chi connectivity index (χ2v) is 6.17. The van der Waals surface area contributed by atoms with Gasteiger partial charge in [0.15, 0.2) is 0 Å². The van der Waals surface area contributed by atoms with Gasteiger partial charge in [0.1, 0.15) is 0 Å². The number of likely N-dealkylation sites (tertiary alicyclic amines) is 1. The Kier molecular flexibility index (Phi) is 4.04. The van der Waals surface area contributed by atoms with Crippen LogP contribution in [0.2, 0.25) is 0 Å². The van der Waals surface area contributed by atoms with E-state index in [-0.39, 0.29) is 0 Å². The van der Waals surface area contributed by atoms with Crippen molar-refractivity contribution in [1.82, 2.24) is 4.90 Å². The van der Waals surface area contributed by atoms with Crippen LogP contribution in [0.25, 0.3) is 10.8 Å². The second-order valence-electron chi connectivity index (χ2n) is 6.17. The van der Waals surface area contributed by atoms with Crippen molar-refractivity contribution in [3.63, 3.8) is 0 Å². The smallest absolute Gasteiger partial charge is 0.0237 e. The van der Waals surface area contributed by atoms with E-state index in [2.05, 4.69) is 54.3 Å².